The third kappa shape index (κ3) is 6.98. The van der Waals surface area contributed by atoms with Crippen LogP contribution in [0, 0.1) is 6.42 Å². The number of aliphatic hydroxyl groups is 1. The summed E-state index contributed by atoms with van der Waals surface area (Å²) in [6.45, 7) is 3.68. The highest BCUT2D eigenvalue weighted by atomic mass is 16.5. The van der Waals surface area contributed by atoms with Crippen molar-refractivity contribution in [2.24, 2.45) is 0 Å². The molecule has 0 aliphatic heterocycles. The van der Waals surface area contributed by atoms with Crippen LogP contribution in [0.4, 0.5) is 22.7 Å². The Morgan fingerprint density at radius 2 is 1.84 bits per heavy atom. The first kappa shape index (κ1) is 23.1. The quantitative estimate of drug-likeness (QED) is 0.200. The Morgan fingerprint density at radius 3 is 2.39 bits per heavy atom. The molecule has 1 aliphatic carbocycles. The zero-order chi connectivity index (χ0) is 22.8. The summed E-state index contributed by atoms with van der Waals surface area (Å²) < 4.78 is 5.13. The van der Waals surface area contributed by atoms with Crippen LogP contribution >= 0.6 is 0 Å². The fourth-order valence-corrected chi connectivity index (χ4v) is 2.67. The highest BCUT2D eigenvalue weighted by Crippen LogP contribution is 2.29. The molecule has 1 atom stereocenters. The van der Waals surface area contributed by atoms with Gasteiger partial charge in [-0.15, -0.1) is 0 Å². The highest BCUT2D eigenvalue weighted by Gasteiger charge is 2.11. The van der Waals surface area contributed by atoms with Gasteiger partial charge in [0.15, 0.2) is 12.5 Å². The molecule has 2 aromatic rings. The molecule has 160 valence electrons. The first-order chi connectivity index (χ1) is 14.9. The molecule has 0 spiro atoms. The van der Waals surface area contributed by atoms with Crippen molar-refractivity contribution in [3.63, 3.8) is 0 Å². The fraction of sp³-hybridized carbons (Fsp3) is 0.0870. The molecule has 1 aliphatic rings. The van der Waals surface area contributed by atoms with E-state index < -0.39 is 6.23 Å². The SMILES string of the molecule is C=C1C=CC(C=O)=C[CH+]1.COc1ccc(NC(O)c2cc(N)cc(N)c2)cc1NC=O. The van der Waals surface area contributed by atoms with Gasteiger partial charge in [-0.05, 0) is 43.0 Å². The molecule has 0 saturated carbocycles. The van der Waals surface area contributed by atoms with Gasteiger partial charge in [0.2, 0.25) is 6.41 Å². The second-order valence-electron chi connectivity index (χ2n) is 6.52. The highest BCUT2D eigenvalue weighted by molar-refractivity contribution is 5.79. The van der Waals surface area contributed by atoms with Gasteiger partial charge in [-0.2, -0.15) is 0 Å². The first-order valence-corrected chi connectivity index (χ1v) is 9.22. The molecule has 8 nitrogen and oxygen atoms in total. The summed E-state index contributed by atoms with van der Waals surface area (Å²) in [5.74, 6) is 0.514. The maximum atomic E-state index is 10.6. The van der Waals surface area contributed by atoms with Crippen molar-refractivity contribution >= 4 is 35.4 Å². The number of nitrogens with one attached hydrogen (secondary N) is 2. The number of ether oxygens (including phenoxy) is 1. The maximum absolute atomic E-state index is 10.6. The lowest BCUT2D eigenvalue weighted by molar-refractivity contribution is -0.105. The number of aliphatic hydroxyl groups excluding tert-OH is 1. The zero-order valence-corrected chi connectivity index (χ0v) is 17.0. The lowest BCUT2D eigenvalue weighted by atomic mass is 10.1. The minimum atomic E-state index is -0.997. The molecule has 8 heteroatoms. The Labute approximate surface area is 180 Å². The number of rotatable bonds is 7. The standard InChI is InChI=1S/C15H18N4O3.C8H7O/c1-22-14-3-2-12(7-13(14)18-8-20)19-15(21)9-4-10(16)6-11(17)5-9;1-7-2-4-8(6-9)5-3-7/h2-8,15,19,21H,16-17H2,1H3,(H,18,20);2-6H,1H2/q;+1. The van der Waals surface area contributed by atoms with Crippen LogP contribution in [0.5, 0.6) is 5.75 Å². The van der Waals surface area contributed by atoms with E-state index in [1.165, 1.54) is 7.11 Å². The van der Waals surface area contributed by atoms with Gasteiger partial charge >= 0.3 is 0 Å². The van der Waals surface area contributed by atoms with E-state index in [9.17, 15) is 14.7 Å². The van der Waals surface area contributed by atoms with Crippen LogP contribution in [0.3, 0.4) is 0 Å². The van der Waals surface area contributed by atoms with Gasteiger partial charge in [0.1, 0.15) is 5.75 Å². The number of aldehydes is 1. The summed E-state index contributed by atoms with van der Waals surface area (Å²) in [6, 6.07) is 9.90. The number of benzene rings is 2. The van der Waals surface area contributed by atoms with Crippen molar-refractivity contribution in [3.8, 4) is 5.75 Å². The zero-order valence-electron chi connectivity index (χ0n) is 17.0. The van der Waals surface area contributed by atoms with Crippen LogP contribution < -0.4 is 26.8 Å². The Bertz CT molecular complexity index is 994. The van der Waals surface area contributed by atoms with Gasteiger partial charge < -0.3 is 31.9 Å². The number of anilines is 4. The van der Waals surface area contributed by atoms with E-state index in [4.69, 9.17) is 16.2 Å². The van der Waals surface area contributed by atoms with Crippen LogP contribution in [-0.4, -0.2) is 24.9 Å². The Kier molecular flexibility index (Phi) is 8.30. The van der Waals surface area contributed by atoms with E-state index >= 15 is 0 Å². The summed E-state index contributed by atoms with van der Waals surface area (Å²) in [5, 5.41) is 15.7. The monoisotopic (exact) mass is 421 g/mol. The van der Waals surface area contributed by atoms with Gasteiger partial charge in [0.25, 0.3) is 0 Å². The van der Waals surface area contributed by atoms with Crippen molar-refractivity contribution in [1.82, 2.24) is 0 Å². The molecule has 0 bridgehead atoms. The molecule has 1 unspecified atom stereocenters. The summed E-state index contributed by atoms with van der Waals surface area (Å²) in [5.41, 5.74) is 15.6. The number of carbonyl (C=O) groups is 2. The molecule has 7 N–H and O–H groups in total. The third-order valence-electron chi connectivity index (χ3n) is 4.15. The predicted molar refractivity (Wildman–Crippen MR) is 123 cm³/mol. The second kappa shape index (κ2) is 11.1. The normalized spacial score (nSPS) is 13.0. The second-order valence-corrected chi connectivity index (χ2v) is 6.52. The van der Waals surface area contributed by atoms with E-state index in [1.807, 2.05) is 12.5 Å². The first-order valence-electron chi connectivity index (χ1n) is 9.22. The van der Waals surface area contributed by atoms with Crippen molar-refractivity contribution in [2.75, 3.05) is 29.2 Å². The lowest BCUT2D eigenvalue weighted by Crippen LogP contribution is -2.11. The van der Waals surface area contributed by atoms with Gasteiger partial charge in [-0.1, -0.05) is 0 Å². The molecule has 2 aromatic carbocycles. The largest absolute Gasteiger partial charge is 0.495 e. The molecule has 1 amide bonds. The Morgan fingerprint density at radius 1 is 1.13 bits per heavy atom. The van der Waals surface area contributed by atoms with Gasteiger partial charge in [-0.3, -0.25) is 9.59 Å². The van der Waals surface area contributed by atoms with Crippen LogP contribution in [0.2, 0.25) is 0 Å². The number of carbonyl (C=O) groups excluding carboxylic acids is 2. The number of amides is 1. The van der Waals surface area contributed by atoms with Gasteiger partial charge in [-0.25, -0.2) is 0 Å². The summed E-state index contributed by atoms with van der Waals surface area (Å²) >= 11 is 0. The van der Waals surface area contributed by atoms with Crippen LogP contribution in [0.15, 0.2) is 72.4 Å². The molecule has 0 fully saturated rings. The molecular weight excluding hydrogens is 396 g/mol. The van der Waals surface area contributed by atoms with Gasteiger partial charge in [0.05, 0.1) is 23.9 Å². The maximum Gasteiger partial charge on any atom is 0.211 e. The number of nitrogens with two attached hydrogens (primary N) is 2. The average Bonchev–Trinajstić information content (AvgIpc) is 2.74. The molecule has 3 rings (SSSR count). The van der Waals surface area contributed by atoms with Crippen molar-refractivity contribution < 1.29 is 19.4 Å². The summed E-state index contributed by atoms with van der Waals surface area (Å²) in [6.07, 6.45) is 7.48. The number of methoxy groups -OCH3 is 1. The topological polar surface area (TPSA) is 140 Å². The molecule has 0 heterocycles. The molecule has 0 saturated heterocycles. The summed E-state index contributed by atoms with van der Waals surface area (Å²) in [7, 11) is 1.50. The molecule has 0 radical (unpaired) electrons. The van der Waals surface area contributed by atoms with Crippen LogP contribution in [-0.2, 0) is 9.59 Å². The van der Waals surface area contributed by atoms with E-state index in [0.29, 0.717) is 46.0 Å². The van der Waals surface area contributed by atoms with Crippen LogP contribution in [0.25, 0.3) is 0 Å². The lowest BCUT2D eigenvalue weighted by Gasteiger charge is -2.17. The van der Waals surface area contributed by atoms with E-state index in [-0.39, 0.29) is 0 Å². The molecule has 0 aromatic heterocycles. The van der Waals surface area contributed by atoms with Crippen molar-refractivity contribution in [3.05, 3.63) is 84.3 Å². The van der Waals surface area contributed by atoms with Crippen LogP contribution in [0.1, 0.15) is 11.8 Å². The summed E-state index contributed by atoms with van der Waals surface area (Å²) in [4.78, 5) is 20.7. The third-order valence-corrected chi connectivity index (χ3v) is 4.15. The average molecular weight is 421 g/mol. The molecular formula is C23H25N4O4+. The van der Waals surface area contributed by atoms with Gasteiger partial charge in [0, 0.05) is 47.3 Å². The molecule has 31 heavy (non-hydrogen) atoms. The van der Waals surface area contributed by atoms with Crippen molar-refractivity contribution in [1.29, 1.82) is 0 Å². The Hall–Kier alpha value is -4.17. The number of allylic oxidation sites excluding steroid dienone is 5. The smallest absolute Gasteiger partial charge is 0.211 e. The minimum Gasteiger partial charge on any atom is -0.495 e. The van der Waals surface area contributed by atoms with E-state index in [1.54, 1.807) is 48.6 Å². The minimum absolute atomic E-state index is 0.467. The number of hydrogen-bond acceptors (Lipinski definition) is 7. The fourth-order valence-electron chi connectivity index (χ4n) is 2.67. The van der Waals surface area contributed by atoms with Crippen molar-refractivity contribution in [2.45, 2.75) is 6.23 Å². The number of hydrogen-bond donors (Lipinski definition) is 5. The number of nitrogen functional groups attached to an aromatic ring is 2. The predicted octanol–water partition coefficient (Wildman–Crippen LogP) is 2.97. The Balaban J connectivity index is 0.000000316. The van der Waals surface area contributed by atoms with E-state index in [0.717, 1.165) is 11.9 Å². The van der Waals surface area contributed by atoms with E-state index in [2.05, 4.69) is 17.2 Å².